The van der Waals surface area contributed by atoms with Crippen molar-refractivity contribution in [3.8, 4) is 11.3 Å². The Bertz CT molecular complexity index is 1450. The lowest BCUT2D eigenvalue weighted by Gasteiger charge is -2.17. The normalized spacial score (nSPS) is 12.0. The quantitative estimate of drug-likeness (QED) is 0.273. The van der Waals surface area contributed by atoms with Crippen LogP contribution in [0.3, 0.4) is 0 Å². The van der Waals surface area contributed by atoms with Crippen LogP contribution in [0.1, 0.15) is 50.7 Å². The maximum Gasteiger partial charge on any atom is 0.134 e. The van der Waals surface area contributed by atoms with Crippen LogP contribution in [0.2, 0.25) is 0 Å². The predicted octanol–water partition coefficient (Wildman–Crippen LogP) is 8.59. The Morgan fingerprint density at radius 3 is 2.19 bits per heavy atom. The standard InChI is InChI=1S/C29H26FN/c1-17(2)22-11-12-25-24(28(22)30)13-14-31-29(25)21-15-20-10-9-19-7-5-6-8-23(19)27(20)26(16-21)18(3)4/h5-18H,1-4H3. The van der Waals surface area contributed by atoms with E-state index in [0.717, 1.165) is 22.2 Å². The molecule has 0 saturated carbocycles. The molecular weight excluding hydrogens is 381 g/mol. The first-order valence-corrected chi connectivity index (χ1v) is 11.0. The summed E-state index contributed by atoms with van der Waals surface area (Å²) in [4.78, 5) is 4.70. The third-order valence-corrected chi connectivity index (χ3v) is 6.30. The van der Waals surface area contributed by atoms with Gasteiger partial charge in [-0.3, -0.25) is 4.98 Å². The van der Waals surface area contributed by atoms with E-state index in [1.807, 2.05) is 26.0 Å². The maximum absolute atomic E-state index is 15.2. The average Bonchev–Trinajstić information content (AvgIpc) is 2.77. The van der Waals surface area contributed by atoms with Gasteiger partial charge in [0.05, 0.1) is 5.69 Å². The van der Waals surface area contributed by atoms with Gasteiger partial charge in [-0.05, 0) is 62.7 Å². The third kappa shape index (κ3) is 3.18. The summed E-state index contributed by atoms with van der Waals surface area (Å²) < 4.78 is 15.2. The van der Waals surface area contributed by atoms with E-state index >= 15 is 4.39 Å². The first kappa shape index (κ1) is 19.7. The van der Waals surface area contributed by atoms with Crippen LogP contribution in [-0.4, -0.2) is 4.98 Å². The molecule has 0 aliphatic carbocycles. The predicted molar refractivity (Wildman–Crippen MR) is 130 cm³/mol. The lowest BCUT2D eigenvalue weighted by molar-refractivity contribution is 0.610. The third-order valence-electron chi connectivity index (χ3n) is 6.30. The Morgan fingerprint density at radius 1 is 0.677 bits per heavy atom. The summed E-state index contributed by atoms with van der Waals surface area (Å²) in [7, 11) is 0. The number of pyridine rings is 1. The first-order chi connectivity index (χ1) is 15.0. The molecule has 0 fully saturated rings. The van der Waals surface area contributed by atoms with Gasteiger partial charge < -0.3 is 0 Å². The topological polar surface area (TPSA) is 12.9 Å². The number of fused-ring (bicyclic) bond motifs is 4. The van der Waals surface area contributed by atoms with Crippen LogP contribution >= 0.6 is 0 Å². The molecule has 154 valence electrons. The van der Waals surface area contributed by atoms with Crippen LogP contribution in [0.25, 0.3) is 43.6 Å². The molecule has 0 spiro atoms. The molecule has 0 saturated heterocycles. The summed E-state index contributed by atoms with van der Waals surface area (Å²) >= 11 is 0. The lowest BCUT2D eigenvalue weighted by Crippen LogP contribution is -1.97. The fourth-order valence-electron chi connectivity index (χ4n) is 4.68. The van der Waals surface area contributed by atoms with Gasteiger partial charge in [0.2, 0.25) is 0 Å². The van der Waals surface area contributed by atoms with Crippen molar-refractivity contribution in [3.63, 3.8) is 0 Å². The highest BCUT2D eigenvalue weighted by Crippen LogP contribution is 2.38. The molecule has 5 rings (SSSR count). The van der Waals surface area contributed by atoms with Crippen molar-refractivity contribution in [2.24, 2.45) is 0 Å². The molecule has 0 amide bonds. The Balaban J connectivity index is 1.83. The van der Waals surface area contributed by atoms with E-state index < -0.39 is 0 Å². The summed E-state index contributed by atoms with van der Waals surface area (Å²) in [5.74, 6) is 0.363. The average molecular weight is 408 g/mol. The van der Waals surface area contributed by atoms with Crippen molar-refractivity contribution in [2.45, 2.75) is 39.5 Å². The molecule has 1 heterocycles. The molecule has 0 aliphatic rings. The number of benzene rings is 4. The minimum Gasteiger partial charge on any atom is -0.256 e. The first-order valence-electron chi connectivity index (χ1n) is 11.0. The van der Waals surface area contributed by atoms with Crippen molar-refractivity contribution in [1.82, 2.24) is 4.98 Å². The number of rotatable bonds is 3. The lowest BCUT2D eigenvalue weighted by atomic mass is 9.88. The van der Waals surface area contributed by atoms with Crippen molar-refractivity contribution in [3.05, 3.63) is 89.9 Å². The largest absolute Gasteiger partial charge is 0.256 e. The number of aromatic nitrogens is 1. The van der Waals surface area contributed by atoms with Gasteiger partial charge in [0.1, 0.15) is 5.82 Å². The molecule has 1 aromatic heterocycles. The highest BCUT2D eigenvalue weighted by Gasteiger charge is 2.17. The Morgan fingerprint density at radius 2 is 1.42 bits per heavy atom. The van der Waals surface area contributed by atoms with Crippen LogP contribution in [0, 0.1) is 5.82 Å². The second-order valence-corrected chi connectivity index (χ2v) is 8.98. The van der Waals surface area contributed by atoms with Gasteiger partial charge in [0, 0.05) is 22.5 Å². The zero-order valence-corrected chi connectivity index (χ0v) is 18.4. The van der Waals surface area contributed by atoms with Crippen LogP contribution in [0.4, 0.5) is 4.39 Å². The molecule has 2 heteroatoms. The van der Waals surface area contributed by atoms with Gasteiger partial charge in [0.25, 0.3) is 0 Å². The molecule has 0 unspecified atom stereocenters. The molecule has 4 aromatic carbocycles. The number of hydrogen-bond acceptors (Lipinski definition) is 1. The summed E-state index contributed by atoms with van der Waals surface area (Å²) in [6.45, 7) is 8.50. The zero-order chi connectivity index (χ0) is 21.7. The van der Waals surface area contributed by atoms with Crippen LogP contribution in [-0.2, 0) is 0 Å². The van der Waals surface area contributed by atoms with Crippen molar-refractivity contribution < 1.29 is 4.39 Å². The van der Waals surface area contributed by atoms with E-state index in [1.165, 1.54) is 27.1 Å². The van der Waals surface area contributed by atoms with E-state index in [9.17, 15) is 0 Å². The van der Waals surface area contributed by atoms with Gasteiger partial charge in [0.15, 0.2) is 0 Å². The van der Waals surface area contributed by atoms with E-state index in [0.29, 0.717) is 11.3 Å². The molecule has 31 heavy (non-hydrogen) atoms. The van der Waals surface area contributed by atoms with Gasteiger partial charge >= 0.3 is 0 Å². The summed E-state index contributed by atoms with van der Waals surface area (Å²) in [5.41, 5.74) is 3.91. The Labute approximate surface area is 182 Å². The smallest absolute Gasteiger partial charge is 0.134 e. The van der Waals surface area contributed by atoms with Gasteiger partial charge in [-0.1, -0.05) is 76.2 Å². The minimum atomic E-state index is -0.132. The molecule has 0 bridgehead atoms. The van der Waals surface area contributed by atoms with E-state index in [1.54, 1.807) is 12.3 Å². The van der Waals surface area contributed by atoms with Crippen molar-refractivity contribution in [1.29, 1.82) is 0 Å². The number of halogens is 1. The van der Waals surface area contributed by atoms with E-state index in [4.69, 9.17) is 4.98 Å². The summed E-state index contributed by atoms with van der Waals surface area (Å²) in [6, 6.07) is 23.1. The zero-order valence-electron chi connectivity index (χ0n) is 18.4. The number of nitrogens with zero attached hydrogens (tertiary/aromatic N) is 1. The SMILES string of the molecule is CC(C)c1ccc2c(-c3cc(C(C)C)c4c(ccc5ccccc54)c3)nccc2c1F. The second kappa shape index (κ2) is 7.46. The molecule has 0 N–H and O–H groups in total. The van der Waals surface area contributed by atoms with Crippen molar-refractivity contribution in [2.75, 3.05) is 0 Å². The molecule has 0 aliphatic heterocycles. The molecule has 0 atom stereocenters. The highest BCUT2D eigenvalue weighted by molar-refractivity contribution is 6.11. The fourth-order valence-corrected chi connectivity index (χ4v) is 4.68. The molecular formula is C29H26FN. The van der Waals surface area contributed by atoms with Gasteiger partial charge in [-0.15, -0.1) is 0 Å². The minimum absolute atomic E-state index is 0.132. The Kier molecular flexibility index (Phi) is 4.74. The second-order valence-electron chi connectivity index (χ2n) is 8.98. The monoisotopic (exact) mass is 407 g/mol. The fraction of sp³-hybridized carbons (Fsp3) is 0.207. The van der Waals surface area contributed by atoms with Crippen LogP contribution < -0.4 is 0 Å². The van der Waals surface area contributed by atoms with Crippen molar-refractivity contribution >= 4 is 32.3 Å². The Hall–Kier alpha value is -3.26. The van der Waals surface area contributed by atoms with Crippen LogP contribution in [0.5, 0.6) is 0 Å². The summed E-state index contributed by atoms with van der Waals surface area (Å²) in [6.07, 6.45) is 1.73. The molecule has 5 aromatic rings. The van der Waals surface area contributed by atoms with E-state index in [2.05, 4.69) is 62.4 Å². The number of hydrogen-bond donors (Lipinski definition) is 0. The van der Waals surface area contributed by atoms with E-state index in [-0.39, 0.29) is 11.7 Å². The van der Waals surface area contributed by atoms with Gasteiger partial charge in [-0.2, -0.15) is 0 Å². The molecule has 0 radical (unpaired) electrons. The summed E-state index contributed by atoms with van der Waals surface area (Å²) in [5, 5.41) is 6.51. The van der Waals surface area contributed by atoms with Crippen LogP contribution in [0.15, 0.2) is 72.9 Å². The van der Waals surface area contributed by atoms with Gasteiger partial charge in [-0.25, -0.2) is 4.39 Å². The highest BCUT2D eigenvalue weighted by atomic mass is 19.1. The molecule has 1 nitrogen and oxygen atoms in total. The maximum atomic E-state index is 15.2.